The predicted octanol–water partition coefficient (Wildman–Crippen LogP) is 5.77. The SMILES string of the molecule is COc1ccc(CN(Cc2ccc(OC)cc2)S(=O)c2ccn(CCO)n2)cc1.COc1ccc(CN(Cc2ccc(OC)cc2)S(=O)c2ccn[nH]2)cc1. The summed E-state index contributed by atoms with van der Waals surface area (Å²) in [5.74, 6) is 3.15. The fraction of sp³-hybridized carbons (Fsp3) is 0.250. The molecule has 2 N–H and O–H groups in total. The molecule has 0 radical (unpaired) electrons. The molecule has 290 valence electrons. The lowest BCUT2D eigenvalue weighted by atomic mass is 10.2. The third-order valence-electron chi connectivity index (χ3n) is 8.33. The second-order valence-electron chi connectivity index (χ2n) is 12.0. The number of nitrogens with one attached hydrogen (secondary N) is 1. The molecule has 0 bridgehead atoms. The molecule has 0 saturated carbocycles. The Morgan fingerprint density at radius 1 is 0.582 bits per heavy atom. The summed E-state index contributed by atoms with van der Waals surface area (Å²) >= 11 is 0. The maximum Gasteiger partial charge on any atom is 0.164 e. The van der Waals surface area contributed by atoms with Gasteiger partial charge in [-0.3, -0.25) is 9.78 Å². The lowest BCUT2D eigenvalue weighted by Crippen LogP contribution is -2.26. The zero-order valence-corrected chi connectivity index (χ0v) is 32.9. The second kappa shape index (κ2) is 21.0. The topological polar surface area (TPSA) is 144 Å². The fourth-order valence-corrected chi connectivity index (χ4v) is 7.63. The summed E-state index contributed by atoms with van der Waals surface area (Å²) in [6, 6.07) is 34.4. The van der Waals surface area contributed by atoms with Crippen LogP contribution in [0.15, 0.2) is 132 Å². The van der Waals surface area contributed by atoms with Crippen LogP contribution in [0.5, 0.6) is 23.0 Å². The van der Waals surface area contributed by atoms with Crippen molar-refractivity contribution in [2.45, 2.75) is 42.8 Å². The van der Waals surface area contributed by atoms with Crippen LogP contribution in [0, 0.1) is 0 Å². The van der Waals surface area contributed by atoms with Gasteiger partial charge in [0.1, 0.15) is 50.0 Å². The second-order valence-corrected chi connectivity index (χ2v) is 14.9. The van der Waals surface area contributed by atoms with E-state index in [1.807, 2.05) is 106 Å². The van der Waals surface area contributed by atoms with Crippen LogP contribution in [-0.4, -0.2) is 77.2 Å². The molecule has 0 aliphatic carbocycles. The highest BCUT2D eigenvalue weighted by Gasteiger charge is 2.20. The molecule has 2 unspecified atom stereocenters. The Bertz CT molecular complexity index is 1960. The highest BCUT2D eigenvalue weighted by atomic mass is 32.2. The third kappa shape index (κ3) is 12.1. The number of aliphatic hydroxyl groups excluding tert-OH is 1. The maximum atomic E-state index is 13.3. The molecule has 2 atom stereocenters. The number of nitrogens with zero attached hydrogens (tertiary/aromatic N) is 5. The zero-order valence-electron chi connectivity index (χ0n) is 31.2. The van der Waals surface area contributed by atoms with Crippen molar-refractivity contribution in [3.63, 3.8) is 0 Å². The van der Waals surface area contributed by atoms with Crippen LogP contribution in [0.3, 0.4) is 0 Å². The number of aliphatic hydroxyl groups is 1. The summed E-state index contributed by atoms with van der Waals surface area (Å²) in [7, 11) is 3.72. The molecule has 0 aliphatic rings. The van der Waals surface area contributed by atoms with Crippen molar-refractivity contribution in [3.05, 3.63) is 144 Å². The van der Waals surface area contributed by atoms with Crippen molar-refractivity contribution >= 4 is 22.0 Å². The first-order valence-electron chi connectivity index (χ1n) is 17.3. The minimum atomic E-state index is -1.46. The van der Waals surface area contributed by atoms with Crippen LogP contribution in [0.2, 0.25) is 0 Å². The van der Waals surface area contributed by atoms with Crippen molar-refractivity contribution in [2.24, 2.45) is 0 Å². The van der Waals surface area contributed by atoms with Gasteiger partial charge in [0.2, 0.25) is 0 Å². The molecule has 15 heteroatoms. The van der Waals surface area contributed by atoms with Crippen molar-refractivity contribution in [1.82, 2.24) is 28.6 Å². The fourth-order valence-electron chi connectivity index (χ4n) is 5.36. The first-order chi connectivity index (χ1) is 26.8. The Labute approximate surface area is 326 Å². The van der Waals surface area contributed by atoms with Gasteiger partial charge in [0, 0.05) is 32.4 Å². The zero-order chi connectivity index (χ0) is 39.0. The van der Waals surface area contributed by atoms with E-state index in [1.54, 1.807) is 57.6 Å². The van der Waals surface area contributed by atoms with E-state index < -0.39 is 22.0 Å². The number of hydrogen-bond donors (Lipinski definition) is 2. The standard InChI is InChI=1S/C21H25N3O4S.C19H21N3O3S/c1-27-19-7-3-17(4-8-19)15-24(16-18-5-9-20(28-2)10-6-18)29(26)21-11-12-23(22-21)13-14-25;1-24-17-7-3-15(4-8-17)13-22(26(23)19-11-12-20-21-19)14-16-5-9-18(25-2)10-6-16/h3-12,25H,13-16H2,1-2H3;3-12H,13-14H2,1-2H3,(H,20,21). The van der Waals surface area contributed by atoms with Gasteiger partial charge in [0.25, 0.3) is 0 Å². The van der Waals surface area contributed by atoms with Gasteiger partial charge < -0.3 is 24.1 Å². The molecule has 0 fully saturated rings. The number of ether oxygens (including phenoxy) is 4. The van der Waals surface area contributed by atoms with Crippen LogP contribution >= 0.6 is 0 Å². The molecule has 0 saturated heterocycles. The van der Waals surface area contributed by atoms with Crippen LogP contribution in [-0.2, 0) is 54.7 Å². The highest BCUT2D eigenvalue weighted by Crippen LogP contribution is 2.22. The summed E-state index contributed by atoms with van der Waals surface area (Å²) in [6.07, 6.45) is 3.33. The Morgan fingerprint density at radius 2 is 0.964 bits per heavy atom. The summed E-state index contributed by atoms with van der Waals surface area (Å²) in [5.41, 5.74) is 4.13. The van der Waals surface area contributed by atoms with Gasteiger partial charge in [-0.25, -0.2) is 17.0 Å². The minimum Gasteiger partial charge on any atom is -0.497 e. The van der Waals surface area contributed by atoms with Gasteiger partial charge in [-0.15, -0.1) is 0 Å². The Balaban J connectivity index is 0.000000212. The highest BCUT2D eigenvalue weighted by molar-refractivity contribution is 7.82. The molecule has 13 nitrogen and oxygen atoms in total. The molecule has 4 aromatic carbocycles. The lowest BCUT2D eigenvalue weighted by Gasteiger charge is -2.21. The Morgan fingerprint density at radius 3 is 1.29 bits per heavy atom. The minimum absolute atomic E-state index is 0.0187. The number of rotatable bonds is 18. The molecule has 2 aromatic heterocycles. The van der Waals surface area contributed by atoms with E-state index in [4.69, 9.17) is 24.1 Å². The van der Waals surface area contributed by atoms with Crippen molar-refractivity contribution in [1.29, 1.82) is 0 Å². The van der Waals surface area contributed by atoms with Gasteiger partial charge in [0.15, 0.2) is 5.03 Å². The van der Waals surface area contributed by atoms with E-state index in [0.717, 1.165) is 45.3 Å². The molecule has 0 amide bonds. The molecule has 6 aromatic rings. The number of aromatic nitrogens is 4. The molecule has 6 rings (SSSR count). The summed E-state index contributed by atoms with van der Waals surface area (Å²) in [5, 5.41) is 21.2. The smallest absolute Gasteiger partial charge is 0.164 e. The summed E-state index contributed by atoms with van der Waals surface area (Å²) in [4.78, 5) is 0. The van der Waals surface area contributed by atoms with Gasteiger partial charge in [-0.1, -0.05) is 48.5 Å². The largest absolute Gasteiger partial charge is 0.497 e. The number of hydrogen-bond acceptors (Lipinski definition) is 9. The molecule has 0 spiro atoms. The monoisotopic (exact) mass is 786 g/mol. The van der Waals surface area contributed by atoms with Crippen LogP contribution in [0.25, 0.3) is 0 Å². The lowest BCUT2D eigenvalue weighted by molar-refractivity contribution is 0.268. The third-order valence-corrected chi connectivity index (χ3v) is 11.0. The molecular formula is C40H46N6O7S2. The van der Waals surface area contributed by atoms with Gasteiger partial charge in [-0.2, -0.15) is 10.2 Å². The predicted molar refractivity (Wildman–Crippen MR) is 211 cm³/mol. The Hall–Kier alpha value is -5.32. The molecule has 0 aliphatic heterocycles. The van der Waals surface area contributed by atoms with Crippen LogP contribution in [0.4, 0.5) is 0 Å². The van der Waals surface area contributed by atoms with E-state index in [-0.39, 0.29) is 6.61 Å². The van der Waals surface area contributed by atoms with E-state index in [1.165, 1.54) is 0 Å². The first-order valence-corrected chi connectivity index (χ1v) is 19.5. The van der Waals surface area contributed by atoms with Gasteiger partial charge >= 0.3 is 0 Å². The van der Waals surface area contributed by atoms with E-state index in [2.05, 4.69) is 15.3 Å². The number of aromatic amines is 1. The van der Waals surface area contributed by atoms with E-state index in [9.17, 15) is 8.42 Å². The van der Waals surface area contributed by atoms with E-state index >= 15 is 0 Å². The molecular weight excluding hydrogens is 741 g/mol. The quantitative estimate of drug-likeness (QED) is 0.111. The number of methoxy groups -OCH3 is 4. The van der Waals surface area contributed by atoms with Crippen molar-refractivity contribution in [2.75, 3.05) is 35.0 Å². The van der Waals surface area contributed by atoms with Crippen LogP contribution < -0.4 is 18.9 Å². The van der Waals surface area contributed by atoms with Gasteiger partial charge in [-0.05, 0) is 82.9 Å². The summed E-state index contributed by atoms with van der Waals surface area (Å²) in [6.45, 7) is 2.37. The maximum absolute atomic E-state index is 13.3. The van der Waals surface area contributed by atoms with Gasteiger partial charge in [0.05, 0.1) is 47.8 Å². The van der Waals surface area contributed by atoms with Crippen molar-refractivity contribution in [3.8, 4) is 23.0 Å². The summed E-state index contributed by atoms with van der Waals surface area (Å²) < 4.78 is 52.4. The normalized spacial score (nSPS) is 12.1. The van der Waals surface area contributed by atoms with Crippen LogP contribution in [0.1, 0.15) is 22.3 Å². The molecule has 55 heavy (non-hydrogen) atoms. The average molecular weight is 787 g/mol. The van der Waals surface area contributed by atoms with Crippen molar-refractivity contribution < 1.29 is 32.5 Å². The number of benzene rings is 4. The first kappa shape index (κ1) is 40.9. The Kier molecular flexibility index (Phi) is 15.6. The molecule has 2 heterocycles. The average Bonchev–Trinajstić information content (AvgIpc) is 3.95. The number of H-pyrrole nitrogens is 1. The van der Waals surface area contributed by atoms with E-state index in [0.29, 0.717) is 42.8 Å².